The lowest BCUT2D eigenvalue weighted by Gasteiger charge is -2.25. The van der Waals surface area contributed by atoms with Crippen LogP contribution < -0.4 is 5.32 Å². The average molecular weight is 457 g/mol. The van der Waals surface area contributed by atoms with Crippen LogP contribution >= 0.6 is 0 Å². The molecule has 1 heterocycles. The van der Waals surface area contributed by atoms with Crippen molar-refractivity contribution in [1.29, 1.82) is 0 Å². The van der Waals surface area contributed by atoms with E-state index in [9.17, 15) is 9.59 Å². The van der Waals surface area contributed by atoms with Crippen molar-refractivity contribution in [3.8, 4) is 0 Å². The molecule has 0 saturated carbocycles. The minimum Gasteiger partial charge on any atom is -0.447 e. The van der Waals surface area contributed by atoms with Gasteiger partial charge in [0.15, 0.2) is 0 Å². The summed E-state index contributed by atoms with van der Waals surface area (Å²) in [5.74, 6) is -0.403. The molecule has 0 unspecified atom stereocenters. The van der Waals surface area contributed by atoms with Gasteiger partial charge in [-0.1, -0.05) is 91.0 Å². The lowest BCUT2D eigenvalue weighted by Crippen LogP contribution is -2.44. The number of nitrogens with one attached hydrogen (secondary N) is 1. The normalized spacial score (nSPS) is 16.3. The third kappa shape index (κ3) is 6.55. The first-order chi connectivity index (χ1) is 16.7. The van der Waals surface area contributed by atoms with E-state index in [1.807, 2.05) is 78.9 Å². The zero-order chi connectivity index (χ0) is 23.6. The van der Waals surface area contributed by atoms with Crippen LogP contribution in [0.1, 0.15) is 29.5 Å². The molecule has 1 fully saturated rings. The first-order valence-electron chi connectivity index (χ1n) is 12.0. The van der Waals surface area contributed by atoms with Gasteiger partial charge in [0.2, 0.25) is 5.91 Å². The summed E-state index contributed by atoms with van der Waals surface area (Å²) in [5, 5.41) is 3.46. The number of amides is 2. The fraction of sp³-hybridized carbons (Fsp3) is 0.310. The van der Waals surface area contributed by atoms with Crippen molar-refractivity contribution in [3.63, 3.8) is 0 Å². The molecule has 176 valence electrons. The van der Waals surface area contributed by atoms with E-state index in [0.29, 0.717) is 19.3 Å². The molecular weight excluding hydrogens is 424 g/mol. The van der Waals surface area contributed by atoms with E-state index in [-0.39, 0.29) is 24.5 Å². The molecule has 0 bridgehead atoms. The second kappa shape index (κ2) is 12.1. The number of cyclic esters (lactones) is 1. The maximum absolute atomic E-state index is 13.7. The first kappa shape index (κ1) is 23.7. The second-order valence-electron chi connectivity index (χ2n) is 8.82. The molecule has 2 atom stereocenters. The van der Waals surface area contributed by atoms with Crippen molar-refractivity contribution in [1.82, 2.24) is 10.2 Å². The highest BCUT2D eigenvalue weighted by atomic mass is 16.6. The van der Waals surface area contributed by atoms with Crippen molar-refractivity contribution in [2.24, 2.45) is 5.92 Å². The van der Waals surface area contributed by atoms with E-state index < -0.39 is 6.09 Å². The van der Waals surface area contributed by atoms with Crippen LogP contribution in [0.5, 0.6) is 0 Å². The summed E-state index contributed by atoms with van der Waals surface area (Å²) >= 11 is 0. The van der Waals surface area contributed by atoms with Crippen LogP contribution in [0.3, 0.4) is 0 Å². The zero-order valence-corrected chi connectivity index (χ0v) is 19.4. The summed E-state index contributed by atoms with van der Waals surface area (Å²) in [6, 6.07) is 30.0. The van der Waals surface area contributed by atoms with Crippen molar-refractivity contribution < 1.29 is 14.3 Å². The maximum atomic E-state index is 13.7. The number of hydrogen-bond donors (Lipinski definition) is 1. The first-order valence-corrected chi connectivity index (χ1v) is 12.0. The van der Waals surface area contributed by atoms with Gasteiger partial charge in [-0.2, -0.15) is 0 Å². The number of carbonyl (C=O) groups excluding carboxylic acids is 2. The number of ether oxygens (including phenoxy) is 1. The molecule has 0 aliphatic carbocycles. The van der Waals surface area contributed by atoms with Crippen LogP contribution in [-0.4, -0.2) is 36.1 Å². The van der Waals surface area contributed by atoms with Gasteiger partial charge in [0.25, 0.3) is 0 Å². The van der Waals surface area contributed by atoms with Crippen LogP contribution in [-0.2, 0) is 28.9 Å². The van der Waals surface area contributed by atoms with E-state index >= 15 is 0 Å². The van der Waals surface area contributed by atoms with Crippen molar-refractivity contribution in [2.75, 3.05) is 13.2 Å². The summed E-state index contributed by atoms with van der Waals surface area (Å²) in [5.41, 5.74) is 3.43. The quantitative estimate of drug-likeness (QED) is 0.412. The predicted octanol–water partition coefficient (Wildman–Crippen LogP) is 5.01. The van der Waals surface area contributed by atoms with Gasteiger partial charge in [-0.15, -0.1) is 0 Å². The summed E-state index contributed by atoms with van der Waals surface area (Å²) in [7, 11) is 0. The highest BCUT2D eigenvalue weighted by Gasteiger charge is 2.40. The second-order valence-corrected chi connectivity index (χ2v) is 8.82. The topological polar surface area (TPSA) is 58.6 Å². The Morgan fingerprint density at radius 1 is 0.882 bits per heavy atom. The highest BCUT2D eigenvalue weighted by molar-refractivity contribution is 5.95. The molecule has 0 spiro atoms. The Hall–Kier alpha value is -3.44. The summed E-state index contributed by atoms with van der Waals surface area (Å²) in [6.45, 7) is 1.86. The maximum Gasteiger partial charge on any atom is 0.416 e. The number of imide groups is 1. The third-order valence-electron chi connectivity index (χ3n) is 6.26. The smallest absolute Gasteiger partial charge is 0.416 e. The van der Waals surface area contributed by atoms with Crippen molar-refractivity contribution in [2.45, 2.75) is 38.3 Å². The molecule has 3 aromatic carbocycles. The number of rotatable bonds is 11. The average Bonchev–Trinajstić information content (AvgIpc) is 3.24. The zero-order valence-electron chi connectivity index (χ0n) is 19.4. The highest BCUT2D eigenvalue weighted by Crippen LogP contribution is 2.24. The molecule has 1 N–H and O–H groups in total. The Kier molecular flexibility index (Phi) is 8.47. The molecule has 4 rings (SSSR count). The lowest BCUT2D eigenvalue weighted by atomic mass is 9.92. The van der Waals surface area contributed by atoms with Gasteiger partial charge in [-0.05, 0) is 48.9 Å². The van der Waals surface area contributed by atoms with E-state index in [4.69, 9.17) is 4.74 Å². The van der Waals surface area contributed by atoms with E-state index in [2.05, 4.69) is 17.4 Å². The molecule has 1 saturated heterocycles. The molecule has 2 amide bonds. The van der Waals surface area contributed by atoms with Gasteiger partial charge >= 0.3 is 6.09 Å². The SMILES string of the molecule is O=C1OC[C@@H](Cc2ccccc2)N1C(=O)[C@@H](CCCNCc1ccccc1)Cc1ccccc1. The Morgan fingerprint density at radius 3 is 2.12 bits per heavy atom. The molecule has 0 radical (unpaired) electrons. The molecule has 1 aliphatic heterocycles. The third-order valence-corrected chi connectivity index (χ3v) is 6.26. The van der Waals surface area contributed by atoms with Gasteiger partial charge in [0, 0.05) is 12.5 Å². The van der Waals surface area contributed by atoms with Gasteiger partial charge in [0.05, 0.1) is 6.04 Å². The molecule has 5 heteroatoms. The number of hydrogen-bond acceptors (Lipinski definition) is 4. The number of nitrogens with zero attached hydrogens (tertiary/aromatic N) is 1. The number of carbonyl (C=O) groups is 2. The minimum absolute atomic E-state index is 0.129. The minimum atomic E-state index is -0.522. The van der Waals surface area contributed by atoms with Crippen LogP contribution in [0.25, 0.3) is 0 Å². The Morgan fingerprint density at radius 2 is 1.47 bits per heavy atom. The molecular formula is C29H32N2O3. The Labute approximate surface area is 201 Å². The van der Waals surface area contributed by atoms with Crippen molar-refractivity contribution >= 4 is 12.0 Å². The summed E-state index contributed by atoms with van der Waals surface area (Å²) in [6.07, 6.45) is 2.25. The molecule has 34 heavy (non-hydrogen) atoms. The summed E-state index contributed by atoms with van der Waals surface area (Å²) < 4.78 is 5.32. The monoisotopic (exact) mass is 456 g/mol. The van der Waals surface area contributed by atoms with Crippen LogP contribution in [0.4, 0.5) is 4.79 Å². The Balaban J connectivity index is 1.40. The lowest BCUT2D eigenvalue weighted by molar-refractivity contribution is -0.133. The molecule has 0 aromatic heterocycles. The molecule has 3 aromatic rings. The fourth-order valence-electron chi connectivity index (χ4n) is 4.48. The Bertz CT molecular complexity index is 1040. The number of benzene rings is 3. The van der Waals surface area contributed by atoms with Gasteiger partial charge in [-0.3, -0.25) is 4.79 Å². The standard InChI is InChI=1S/C29H32N2O3/c32-28(31-27(22-34-29(31)33)20-24-13-6-2-7-14-24)26(19-23-11-4-1-5-12-23)17-10-18-30-21-25-15-8-3-9-16-25/h1-9,11-16,26-27,30H,10,17-22H2/t26-,27+/m0/s1. The van der Waals surface area contributed by atoms with Gasteiger partial charge in [-0.25, -0.2) is 9.69 Å². The molecule has 5 nitrogen and oxygen atoms in total. The fourth-order valence-corrected chi connectivity index (χ4v) is 4.48. The van der Waals surface area contributed by atoms with Crippen molar-refractivity contribution in [3.05, 3.63) is 108 Å². The van der Waals surface area contributed by atoms with Crippen LogP contribution in [0.2, 0.25) is 0 Å². The predicted molar refractivity (Wildman–Crippen MR) is 133 cm³/mol. The molecule has 1 aliphatic rings. The van der Waals surface area contributed by atoms with Crippen LogP contribution in [0.15, 0.2) is 91.0 Å². The van der Waals surface area contributed by atoms with E-state index in [1.165, 1.54) is 10.5 Å². The largest absolute Gasteiger partial charge is 0.447 e. The van der Waals surface area contributed by atoms with Gasteiger partial charge in [0.1, 0.15) is 6.61 Å². The van der Waals surface area contributed by atoms with Crippen LogP contribution in [0, 0.1) is 5.92 Å². The van der Waals surface area contributed by atoms with Gasteiger partial charge < -0.3 is 10.1 Å². The summed E-state index contributed by atoms with van der Waals surface area (Å²) in [4.78, 5) is 27.6. The van der Waals surface area contributed by atoms with E-state index in [1.54, 1.807) is 0 Å². The van der Waals surface area contributed by atoms with E-state index in [0.717, 1.165) is 30.6 Å².